The minimum atomic E-state index is -4.26. The predicted octanol–water partition coefficient (Wildman–Crippen LogP) is -0.438. The smallest absolute Gasteiger partial charge is 0.349 e. The van der Waals surface area contributed by atoms with Crippen molar-refractivity contribution in [3.05, 3.63) is 11.1 Å². The maximum absolute atomic E-state index is 11.6. The van der Waals surface area contributed by atoms with Gasteiger partial charge in [0, 0.05) is 0 Å². The standard InChI is InChI=1S/C8H11NO6S2/c1-5(2)16(12,13)4-7-9-3-6(8(10)11)17(7,14)15/h3,5H,4H2,1-2H3,(H,10,11). The van der Waals surface area contributed by atoms with Crippen LogP contribution in [0.2, 0.25) is 0 Å². The van der Waals surface area contributed by atoms with Gasteiger partial charge in [0.2, 0.25) is 9.84 Å². The Kier molecular flexibility index (Phi) is 3.44. The van der Waals surface area contributed by atoms with Crippen molar-refractivity contribution in [2.75, 3.05) is 5.75 Å². The molecule has 7 nitrogen and oxygen atoms in total. The fourth-order valence-corrected chi connectivity index (χ4v) is 3.75. The highest BCUT2D eigenvalue weighted by Gasteiger charge is 2.37. The van der Waals surface area contributed by atoms with E-state index < -0.39 is 46.6 Å². The second kappa shape index (κ2) is 4.22. The van der Waals surface area contributed by atoms with Gasteiger partial charge in [0.15, 0.2) is 19.8 Å². The third kappa shape index (κ3) is 2.55. The van der Waals surface area contributed by atoms with Crippen LogP contribution in [0.15, 0.2) is 16.1 Å². The van der Waals surface area contributed by atoms with E-state index in [9.17, 15) is 21.6 Å². The van der Waals surface area contributed by atoms with Crippen LogP contribution in [0.3, 0.4) is 0 Å². The van der Waals surface area contributed by atoms with Gasteiger partial charge in [-0.25, -0.2) is 26.6 Å². The Morgan fingerprint density at radius 2 is 2.00 bits per heavy atom. The number of aliphatic imine (C=N–C) groups is 1. The highest BCUT2D eigenvalue weighted by molar-refractivity contribution is 8.12. The third-order valence-electron chi connectivity index (χ3n) is 2.18. The van der Waals surface area contributed by atoms with Crippen LogP contribution in [-0.2, 0) is 24.5 Å². The number of carboxylic acids is 1. The Morgan fingerprint density at radius 1 is 1.47 bits per heavy atom. The average Bonchev–Trinajstić information content (AvgIpc) is 2.41. The van der Waals surface area contributed by atoms with Crippen LogP contribution in [0.25, 0.3) is 0 Å². The summed E-state index contributed by atoms with van der Waals surface area (Å²) in [5.74, 6) is -2.43. The number of hydrogen-bond acceptors (Lipinski definition) is 6. The average molecular weight is 281 g/mol. The van der Waals surface area contributed by atoms with Gasteiger partial charge in [0.1, 0.15) is 5.75 Å². The minimum absolute atomic E-state index is 0.636. The highest BCUT2D eigenvalue weighted by atomic mass is 32.2. The van der Waals surface area contributed by atoms with Crippen LogP contribution in [0.5, 0.6) is 0 Å². The first kappa shape index (κ1) is 13.8. The van der Waals surface area contributed by atoms with Crippen molar-refractivity contribution >= 4 is 30.7 Å². The number of hydrogen-bond donors (Lipinski definition) is 1. The van der Waals surface area contributed by atoms with Crippen molar-refractivity contribution in [3.63, 3.8) is 0 Å². The Balaban J connectivity index is 3.07. The van der Waals surface area contributed by atoms with Gasteiger partial charge in [-0.3, -0.25) is 0 Å². The molecule has 0 aromatic carbocycles. The zero-order valence-electron chi connectivity index (χ0n) is 9.11. The number of sulfone groups is 2. The van der Waals surface area contributed by atoms with E-state index in [4.69, 9.17) is 5.11 Å². The second-order valence-corrected chi connectivity index (χ2v) is 8.16. The molecule has 0 unspecified atom stereocenters. The molecule has 1 aliphatic rings. The zero-order valence-corrected chi connectivity index (χ0v) is 10.7. The fraction of sp³-hybridized carbons (Fsp3) is 0.500. The van der Waals surface area contributed by atoms with Gasteiger partial charge in [0.05, 0.1) is 11.4 Å². The molecule has 0 bridgehead atoms. The van der Waals surface area contributed by atoms with Gasteiger partial charge < -0.3 is 5.11 Å². The van der Waals surface area contributed by atoms with Gasteiger partial charge in [-0.05, 0) is 13.8 Å². The van der Waals surface area contributed by atoms with E-state index in [0.29, 0.717) is 6.20 Å². The largest absolute Gasteiger partial charge is 0.477 e. The van der Waals surface area contributed by atoms with Crippen LogP contribution in [0.1, 0.15) is 13.8 Å². The molecule has 0 saturated heterocycles. The third-order valence-corrected chi connectivity index (χ3v) is 6.20. The Morgan fingerprint density at radius 3 is 2.35 bits per heavy atom. The molecule has 0 spiro atoms. The van der Waals surface area contributed by atoms with Crippen LogP contribution in [0.4, 0.5) is 0 Å². The van der Waals surface area contributed by atoms with E-state index in [-0.39, 0.29) is 0 Å². The van der Waals surface area contributed by atoms with Crippen molar-refractivity contribution in [3.8, 4) is 0 Å². The molecule has 1 heterocycles. The molecule has 9 heteroatoms. The Hall–Kier alpha value is -1.22. The van der Waals surface area contributed by atoms with E-state index in [1.54, 1.807) is 0 Å². The molecule has 0 aliphatic carbocycles. The summed E-state index contributed by atoms with van der Waals surface area (Å²) < 4.78 is 46.3. The molecule has 0 saturated carbocycles. The van der Waals surface area contributed by atoms with E-state index in [1.165, 1.54) is 13.8 Å². The molecule has 1 aliphatic heterocycles. The molecule has 96 valence electrons. The summed E-state index contributed by atoms with van der Waals surface area (Å²) in [5.41, 5.74) is 0. The summed E-state index contributed by atoms with van der Waals surface area (Å²) in [6.45, 7) is 2.81. The maximum atomic E-state index is 11.6. The van der Waals surface area contributed by atoms with Crippen LogP contribution < -0.4 is 0 Å². The van der Waals surface area contributed by atoms with Gasteiger partial charge in [0.25, 0.3) is 0 Å². The SMILES string of the molecule is CC(C)S(=O)(=O)CC1=NC=C(C(=O)O)S1(=O)=O. The second-order valence-electron chi connectivity index (χ2n) is 3.68. The summed E-state index contributed by atoms with van der Waals surface area (Å²) in [4.78, 5) is 13.1. The number of nitrogens with zero attached hydrogens (tertiary/aromatic N) is 1. The summed E-state index contributed by atoms with van der Waals surface area (Å²) >= 11 is 0. The molecule has 0 radical (unpaired) electrons. The van der Waals surface area contributed by atoms with Crippen molar-refractivity contribution in [1.29, 1.82) is 0 Å². The number of aliphatic carboxylic acids is 1. The number of carbonyl (C=O) groups is 1. The van der Waals surface area contributed by atoms with Crippen LogP contribution in [-0.4, -0.2) is 44.0 Å². The van der Waals surface area contributed by atoms with E-state index in [1.807, 2.05) is 0 Å². The topological polar surface area (TPSA) is 118 Å². The van der Waals surface area contributed by atoms with Gasteiger partial charge in [-0.15, -0.1) is 0 Å². The van der Waals surface area contributed by atoms with E-state index >= 15 is 0 Å². The van der Waals surface area contributed by atoms with E-state index in [2.05, 4.69) is 4.99 Å². The van der Waals surface area contributed by atoms with Crippen molar-refractivity contribution in [2.45, 2.75) is 19.1 Å². The lowest BCUT2D eigenvalue weighted by Crippen LogP contribution is -2.28. The van der Waals surface area contributed by atoms with Crippen LogP contribution in [0, 0.1) is 0 Å². The van der Waals surface area contributed by atoms with Gasteiger partial charge >= 0.3 is 5.97 Å². The normalized spacial score (nSPS) is 19.0. The first-order valence-electron chi connectivity index (χ1n) is 4.56. The molecule has 1 N–H and O–H groups in total. The molecule has 17 heavy (non-hydrogen) atoms. The predicted molar refractivity (Wildman–Crippen MR) is 61.0 cm³/mol. The molecular weight excluding hydrogens is 270 g/mol. The lowest BCUT2D eigenvalue weighted by molar-refractivity contribution is -0.131. The first-order chi connectivity index (χ1) is 7.59. The molecule has 0 fully saturated rings. The lowest BCUT2D eigenvalue weighted by atomic mass is 10.6. The Labute approximate surface area is 98.7 Å². The Bertz CT molecular complexity index is 608. The van der Waals surface area contributed by atoms with E-state index in [0.717, 1.165) is 0 Å². The molecule has 1 rings (SSSR count). The molecule has 0 amide bonds. The van der Waals surface area contributed by atoms with Crippen molar-refractivity contribution in [1.82, 2.24) is 0 Å². The van der Waals surface area contributed by atoms with Crippen molar-refractivity contribution in [2.24, 2.45) is 4.99 Å². The number of carboxylic acid groups (broad SMARTS) is 1. The van der Waals surface area contributed by atoms with Gasteiger partial charge in [-0.1, -0.05) is 0 Å². The summed E-state index contributed by atoms with van der Waals surface area (Å²) in [6, 6.07) is 0. The molecule has 0 aromatic heterocycles. The summed E-state index contributed by atoms with van der Waals surface area (Å²) in [5, 5.41) is 7.21. The molecule has 0 atom stereocenters. The zero-order chi connectivity index (χ0) is 13.4. The quantitative estimate of drug-likeness (QED) is 0.746. The monoisotopic (exact) mass is 281 g/mol. The summed E-state index contributed by atoms with van der Waals surface area (Å²) in [6.07, 6.45) is 0.656. The fourth-order valence-electron chi connectivity index (χ4n) is 1.02. The highest BCUT2D eigenvalue weighted by Crippen LogP contribution is 2.19. The first-order valence-corrected chi connectivity index (χ1v) is 7.75. The lowest BCUT2D eigenvalue weighted by Gasteiger charge is -2.07. The minimum Gasteiger partial charge on any atom is -0.477 e. The molecule has 0 aromatic rings. The van der Waals surface area contributed by atoms with Gasteiger partial charge in [-0.2, -0.15) is 0 Å². The molecular formula is C8H11NO6S2. The van der Waals surface area contributed by atoms with Crippen molar-refractivity contribution < 1.29 is 26.7 Å². The summed E-state index contributed by atoms with van der Waals surface area (Å²) in [7, 11) is -7.90. The van der Waals surface area contributed by atoms with Crippen LogP contribution >= 0.6 is 0 Å². The number of rotatable bonds is 4. The maximum Gasteiger partial charge on any atom is 0.349 e.